The summed E-state index contributed by atoms with van der Waals surface area (Å²) in [6.45, 7) is 7.93. The average Bonchev–Trinajstić information content (AvgIpc) is 2.66. The molecule has 1 aromatic carbocycles. The van der Waals surface area contributed by atoms with E-state index >= 15 is 0 Å². The Bertz CT molecular complexity index is 529. The van der Waals surface area contributed by atoms with Gasteiger partial charge in [-0.3, -0.25) is 4.79 Å². The van der Waals surface area contributed by atoms with Gasteiger partial charge in [-0.25, -0.2) is 0 Å². The third-order valence-corrected chi connectivity index (χ3v) is 4.39. The molecule has 1 aromatic rings. The smallest absolute Gasteiger partial charge is 0.160 e. The second-order valence-corrected chi connectivity index (χ2v) is 5.81. The predicted molar refractivity (Wildman–Crippen MR) is 77.2 cm³/mol. The Balaban J connectivity index is 2.26. The Morgan fingerprint density at radius 1 is 1.20 bits per heavy atom. The number of nitrogens with zero attached hydrogens (tertiary/aromatic N) is 1. The zero-order valence-electron chi connectivity index (χ0n) is 12.5. The zero-order chi connectivity index (χ0) is 14.9. The van der Waals surface area contributed by atoms with Crippen molar-refractivity contribution >= 4 is 5.78 Å². The minimum atomic E-state index is -0.695. The molecule has 0 saturated carbocycles. The van der Waals surface area contributed by atoms with Gasteiger partial charge in [0.2, 0.25) is 0 Å². The molecular formula is C17H21NO2. The molecule has 0 N–H and O–H groups in total. The first-order valence-electron chi connectivity index (χ1n) is 7.11. The lowest BCUT2D eigenvalue weighted by Crippen LogP contribution is -2.30. The van der Waals surface area contributed by atoms with Gasteiger partial charge in [-0.2, -0.15) is 5.26 Å². The Morgan fingerprint density at radius 2 is 1.80 bits per heavy atom. The van der Waals surface area contributed by atoms with Crippen molar-refractivity contribution in [2.24, 2.45) is 11.8 Å². The number of Topliss-reactive ketones (excluding diaryl/α,β-unsaturated/α-hetero) is 1. The summed E-state index contributed by atoms with van der Waals surface area (Å²) in [5.41, 5.74) is 1.90. The van der Waals surface area contributed by atoms with Crippen LogP contribution < -0.4 is 0 Å². The van der Waals surface area contributed by atoms with E-state index in [1.165, 1.54) is 0 Å². The van der Waals surface area contributed by atoms with E-state index in [2.05, 4.69) is 6.07 Å². The molecule has 20 heavy (non-hydrogen) atoms. The minimum absolute atomic E-state index is 0.0132. The van der Waals surface area contributed by atoms with E-state index in [1.54, 1.807) is 0 Å². The Labute approximate surface area is 120 Å². The molecule has 3 nitrogen and oxygen atoms in total. The van der Waals surface area contributed by atoms with Crippen LogP contribution in [0.4, 0.5) is 0 Å². The van der Waals surface area contributed by atoms with E-state index in [0.29, 0.717) is 0 Å². The van der Waals surface area contributed by atoms with E-state index in [1.807, 2.05) is 52.0 Å². The topological polar surface area (TPSA) is 50.1 Å². The normalized spacial score (nSPS) is 30.8. The SMILES string of the molecule is Cc1ccc(C(C#N)C(=O)C2C(C)OC(C)C2C)cc1. The fourth-order valence-corrected chi connectivity index (χ4v) is 3.01. The number of rotatable bonds is 3. The molecule has 5 unspecified atom stereocenters. The minimum Gasteiger partial charge on any atom is -0.375 e. The predicted octanol–water partition coefficient (Wildman–Crippen LogP) is 3.23. The highest BCUT2D eigenvalue weighted by Crippen LogP contribution is 2.36. The van der Waals surface area contributed by atoms with Crippen LogP contribution in [-0.2, 0) is 9.53 Å². The van der Waals surface area contributed by atoms with Gasteiger partial charge < -0.3 is 4.74 Å². The van der Waals surface area contributed by atoms with Gasteiger partial charge in [-0.1, -0.05) is 36.8 Å². The van der Waals surface area contributed by atoms with Crippen LogP contribution in [0.5, 0.6) is 0 Å². The van der Waals surface area contributed by atoms with Crippen LogP contribution in [-0.4, -0.2) is 18.0 Å². The number of aryl methyl sites for hydroxylation is 1. The highest BCUT2D eigenvalue weighted by atomic mass is 16.5. The summed E-state index contributed by atoms with van der Waals surface area (Å²) in [6.07, 6.45) is -0.0508. The van der Waals surface area contributed by atoms with Gasteiger partial charge in [0.1, 0.15) is 5.92 Å². The fraction of sp³-hybridized carbons (Fsp3) is 0.529. The summed E-state index contributed by atoms with van der Waals surface area (Å²) in [7, 11) is 0. The van der Waals surface area contributed by atoms with Gasteiger partial charge in [0.05, 0.1) is 24.2 Å². The van der Waals surface area contributed by atoms with Gasteiger partial charge in [0.15, 0.2) is 5.78 Å². The number of ketones is 1. The maximum Gasteiger partial charge on any atom is 0.160 e. The third-order valence-electron chi connectivity index (χ3n) is 4.39. The molecule has 1 aliphatic heterocycles. The van der Waals surface area contributed by atoms with E-state index in [-0.39, 0.29) is 29.8 Å². The molecule has 1 heterocycles. The molecule has 1 fully saturated rings. The number of carbonyl (C=O) groups is 1. The van der Waals surface area contributed by atoms with Crippen LogP contribution in [0.1, 0.15) is 37.8 Å². The molecule has 0 aromatic heterocycles. The van der Waals surface area contributed by atoms with Crippen LogP contribution in [0.15, 0.2) is 24.3 Å². The van der Waals surface area contributed by atoms with Gasteiger partial charge in [-0.05, 0) is 32.3 Å². The molecule has 1 saturated heterocycles. The number of ether oxygens (including phenoxy) is 1. The highest BCUT2D eigenvalue weighted by Gasteiger charge is 2.44. The number of nitriles is 1. The average molecular weight is 271 g/mol. The first kappa shape index (κ1) is 14.7. The lowest BCUT2D eigenvalue weighted by molar-refractivity contribution is -0.125. The summed E-state index contributed by atoms with van der Waals surface area (Å²) >= 11 is 0. The summed E-state index contributed by atoms with van der Waals surface area (Å²) in [4.78, 5) is 12.7. The number of hydrogen-bond donors (Lipinski definition) is 0. The Morgan fingerprint density at radius 3 is 2.25 bits per heavy atom. The van der Waals surface area contributed by atoms with Crippen molar-refractivity contribution in [3.05, 3.63) is 35.4 Å². The molecule has 3 heteroatoms. The molecule has 0 radical (unpaired) electrons. The Hall–Kier alpha value is -1.66. The maximum atomic E-state index is 12.7. The summed E-state index contributed by atoms with van der Waals surface area (Å²) < 4.78 is 5.73. The molecule has 1 aliphatic rings. The first-order chi connectivity index (χ1) is 9.45. The standard InChI is InChI=1S/C17H21NO2/c1-10-5-7-14(8-6-10)15(9-18)17(19)16-11(2)12(3)20-13(16)4/h5-8,11-13,15-16H,1-4H3. The van der Waals surface area contributed by atoms with E-state index in [0.717, 1.165) is 11.1 Å². The van der Waals surface area contributed by atoms with Gasteiger partial charge in [0, 0.05) is 0 Å². The summed E-state index contributed by atoms with van der Waals surface area (Å²) in [6, 6.07) is 9.78. The lowest BCUT2D eigenvalue weighted by Gasteiger charge is -2.20. The fourth-order valence-electron chi connectivity index (χ4n) is 3.01. The lowest BCUT2D eigenvalue weighted by atomic mass is 9.79. The number of hydrogen-bond acceptors (Lipinski definition) is 3. The quantitative estimate of drug-likeness (QED) is 0.848. The van der Waals surface area contributed by atoms with Crippen LogP contribution in [0.2, 0.25) is 0 Å². The maximum absolute atomic E-state index is 12.7. The molecule has 0 bridgehead atoms. The van der Waals surface area contributed by atoms with Crippen molar-refractivity contribution < 1.29 is 9.53 Å². The molecule has 0 spiro atoms. The second kappa shape index (κ2) is 5.76. The molecule has 0 amide bonds. The first-order valence-corrected chi connectivity index (χ1v) is 7.11. The van der Waals surface area contributed by atoms with Gasteiger partial charge in [0.25, 0.3) is 0 Å². The highest BCUT2D eigenvalue weighted by molar-refractivity contribution is 5.91. The van der Waals surface area contributed by atoms with Gasteiger partial charge >= 0.3 is 0 Å². The van der Waals surface area contributed by atoms with Crippen molar-refractivity contribution in [2.75, 3.05) is 0 Å². The monoisotopic (exact) mass is 271 g/mol. The van der Waals surface area contributed by atoms with Crippen molar-refractivity contribution in [1.29, 1.82) is 5.26 Å². The largest absolute Gasteiger partial charge is 0.375 e. The molecule has 5 atom stereocenters. The van der Waals surface area contributed by atoms with Crippen LogP contribution in [0.3, 0.4) is 0 Å². The molecule has 106 valence electrons. The summed E-state index contributed by atoms with van der Waals surface area (Å²) in [5.74, 6) is -0.755. The van der Waals surface area contributed by atoms with Crippen molar-refractivity contribution in [3.63, 3.8) is 0 Å². The molecular weight excluding hydrogens is 250 g/mol. The van der Waals surface area contributed by atoms with Crippen molar-refractivity contribution in [2.45, 2.75) is 45.8 Å². The third kappa shape index (κ3) is 2.62. The van der Waals surface area contributed by atoms with Crippen molar-refractivity contribution in [1.82, 2.24) is 0 Å². The zero-order valence-corrected chi connectivity index (χ0v) is 12.5. The van der Waals surface area contributed by atoms with Crippen LogP contribution >= 0.6 is 0 Å². The van der Waals surface area contributed by atoms with E-state index in [9.17, 15) is 10.1 Å². The number of benzene rings is 1. The van der Waals surface area contributed by atoms with E-state index < -0.39 is 5.92 Å². The molecule has 0 aliphatic carbocycles. The number of carbonyl (C=O) groups excluding carboxylic acids is 1. The van der Waals surface area contributed by atoms with Crippen molar-refractivity contribution in [3.8, 4) is 6.07 Å². The van der Waals surface area contributed by atoms with Crippen LogP contribution in [0, 0.1) is 30.1 Å². The van der Waals surface area contributed by atoms with E-state index in [4.69, 9.17) is 4.74 Å². The summed E-state index contributed by atoms with van der Waals surface area (Å²) in [5, 5.41) is 9.41. The van der Waals surface area contributed by atoms with Crippen LogP contribution in [0.25, 0.3) is 0 Å². The Kier molecular flexibility index (Phi) is 4.25. The second-order valence-electron chi connectivity index (χ2n) is 5.81. The van der Waals surface area contributed by atoms with Gasteiger partial charge in [-0.15, -0.1) is 0 Å². The molecule has 2 rings (SSSR count).